The molecule has 0 spiro atoms. The molecule has 2 heteroatoms. The zero-order valence-electron chi connectivity index (χ0n) is 11.3. The van der Waals surface area contributed by atoms with E-state index in [0.29, 0.717) is 0 Å². The van der Waals surface area contributed by atoms with Crippen LogP contribution in [0, 0.1) is 0 Å². The SMILES string of the molecule is CCC(OC(C)(C)CC)C(O)c1ccccc1. The van der Waals surface area contributed by atoms with Gasteiger partial charge in [-0.05, 0) is 32.3 Å². The number of aliphatic hydroxyl groups is 1. The number of hydrogen-bond donors (Lipinski definition) is 1. The van der Waals surface area contributed by atoms with Crippen molar-refractivity contribution in [3.63, 3.8) is 0 Å². The monoisotopic (exact) mass is 236 g/mol. The van der Waals surface area contributed by atoms with Crippen LogP contribution in [0.3, 0.4) is 0 Å². The van der Waals surface area contributed by atoms with Gasteiger partial charge in [-0.15, -0.1) is 0 Å². The van der Waals surface area contributed by atoms with Crippen LogP contribution in [0.2, 0.25) is 0 Å². The lowest BCUT2D eigenvalue weighted by Crippen LogP contribution is -2.33. The van der Waals surface area contributed by atoms with Crippen molar-refractivity contribution in [2.45, 2.75) is 58.3 Å². The van der Waals surface area contributed by atoms with Gasteiger partial charge < -0.3 is 9.84 Å². The number of ether oxygens (including phenoxy) is 1. The lowest BCUT2D eigenvalue weighted by molar-refractivity contribution is -0.122. The minimum absolute atomic E-state index is 0.146. The van der Waals surface area contributed by atoms with Gasteiger partial charge in [-0.3, -0.25) is 0 Å². The lowest BCUT2D eigenvalue weighted by atomic mass is 10.0. The third-order valence-corrected chi connectivity index (χ3v) is 3.22. The number of benzene rings is 1. The first-order valence-electron chi connectivity index (χ1n) is 6.41. The van der Waals surface area contributed by atoms with Crippen LogP contribution in [-0.4, -0.2) is 16.8 Å². The zero-order valence-corrected chi connectivity index (χ0v) is 11.3. The van der Waals surface area contributed by atoms with Gasteiger partial charge >= 0.3 is 0 Å². The molecule has 1 aromatic carbocycles. The molecule has 1 aromatic rings. The maximum absolute atomic E-state index is 10.3. The summed E-state index contributed by atoms with van der Waals surface area (Å²) in [6.07, 6.45) is 1.05. The van der Waals surface area contributed by atoms with Crippen molar-refractivity contribution < 1.29 is 9.84 Å². The van der Waals surface area contributed by atoms with Gasteiger partial charge in [-0.25, -0.2) is 0 Å². The molecule has 2 atom stereocenters. The fourth-order valence-corrected chi connectivity index (χ4v) is 1.73. The summed E-state index contributed by atoms with van der Waals surface area (Å²) in [6, 6.07) is 9.71. The van der Waals surface area contributed by atoms with Crippen molar-refractivity contribution in [3.05, 3.63) is 35.9 Å². The Balaban J connectivity index is 2.74. The molecule has 2 nitrogen and oxygen atoms in total. The topological polar surface area (TPSA) is 29.5 Å². The van der Waals surface area contributed by atoms with Crippen molar-refractivity contribution in [3.8, 4) is 0 Å². The molecule has 0 saturated carbocycles. The first-order valence-corrected chi connectivity index (χ1v) is 6.41. The maximum Gasteiger partial charge on any atom is 0.105 e. The minimum Gasteiger partial charge on any atom is -0.386 e. The van der Waals surface area contributed by atoms with E-state index in [9.17, 15) is 5.11 Å². The van der Waals surface area contributed by atoms with Crippen LogP contribution >= 0.6 is 0 Å². The minimum atomic E-state index is -0.549. The summed E-state index contributed by atoms with van der Waals surface area (Å²) in [5.41, 5.74) is 0.738. The summed E-state index contributed by atoms with van der Waals surface area (Å²) in [7, 11) is 0. The smallest absolute Gasteiger partial charge is 0.105 e. The molecule has 0 saturated heterocycles. The highest BCUT2D eigenvalue weighted by atomic mass is 16.5. The predicted molar refractivity (Wildman–Crippen MR) is 70.9 cm³/mol. The Bertz CT molecular complexity index is 319. The lowest BCUT2D eigenvalue weighted by Gasteiger charge is -2.32. The van der Waals surface area contributed by atoms with Crippen molar-refractivity contribution in [1.29, 1.82) is 0 Å². The highest BCUT2D eigenvalue weighted by Gasteiger charge is 2.26. The average Bonchev–Trinajstić information content (AvgIpc) is 2.36. The maximum atomic E-state index is 10.3. The second kappa shape index (κ2) is 6.18. The van der Waals surface area contributed by atoms with E-state index in [1.807, 2.05) is 37.3 Å². The number of hydrogen-bond acceptors (Lipinski definition) is 2. The van der Waals surface area contributed by atoms with E-state index in [4.69, 9.17) is 4.74 Å². The third-order valence-electron chi connectivity index (χ3n) is 3.22. The van der Waals surface area contributed by atoms with Gasteiger partial charge in [0.25, 0.3) is 0 Å². The van der Waals surface area contributed by atoms with Crippen LogP contribution in [0.15, 0.2) is 30.3 Å². The third kappa shape index (κ3) is 4.14. The summed E-state index contributed by atoms with van der Waals surface area (Å²) >= 11 is 0. The van der Waals surface area contributed by atoms with Gasteiger partial charge in [-0.2, -0.15) is 0 Å². The molecule has 96 valence electrons. The van der Waals surface area contributed by atoms with E-state index in [1.165, 1.54) is 0 Å². The van der Waals surface area contributed by atoms with Crippen LogP contribution in [-0.2, 0) is 4.74 Å². The van der Waals surface area contributed by atoms with Crippen LogP contribution < -0.4 is 0 Å². The van der Waals surface area contributed by atoms with Gasteiger partial charge in [-0.1, -0.05) is 44.2 Å². The van der Waals surface area contributed by atoms with E-state index in [1.54, 1.807) is 0 Å². The first kappa shape index (κ1) is 14.2. The molecular weight excluding hydrogens is 212 g/mol. The molecule has 0 radical (unpaired) electrons. The summed E-state index contributed by atoms with van der Waals surface area (Å²) in [5, 5.41) is 10.3. The highest BCUT2D eigenvalue weighted by Crippen LogP contribution is 2.26. The van der Waals surface area contributed by atoms with Crippen LogP contribution in [0.5, 0.6) is 0 Å². The second-order valence-electron chi connectivity index (χ2n) is 5.03. The fourth-order valence-electron chi connectivity index (χ4n) is 1.73. The summed E-state index contributed by atoms with van der Waals surface area (Å²) in [4.78, 5) is 0. The van der Waals surface area contributed by atoms with Crippen molar-refractivity contribution in [2.75, 3.05) is 0 Å². The Hall–Kier alpha value is -0.860. The normalized spacial score (nSPS) is 15.6. The molecule has 1 rings (SSSR count). The van der Waals surface area contributed by atoms with Crippen molar-refractivity contribution >= 4 is 0 Å². The first-order chi connectivity index (χ1) is 8.00. The predicted octanol–water partition coefficient (Wildman–Crippen LogP) is 3.70. The number of aliphatic hydroxyl groups excluding tert-OH is 1. The molecule has 0 aliphatic carbocycles. The Kier molecular flexibility index (Phi) is 5.16. The Labute approximate surface area is 105 Å². The quantitative estimate of drug-likeness (QED) is 0.816. The van der Waals surface area contributed by atoms with E-state index >= 15 is 0 Å². The molecule has 0 aliphatic rings. The molecule has 0 amide bonds. The van der Waals surface area contributed by atoms with Gasteiger partial charge in [0, 0.05) is 0 Å². The molecular formula is C15H24O2. The summed E-state index contributed by atoms with van der Waals surface area (Å²) in [5.74, 6) is 0. The van der Waals surface area contributed by atoms with Crippen molar-refractivity contribution in [2.24, 2.45) is 0 Å². The fraction of sp³-hybridized carbons (Fsp3) is 0.600. The highest BCUT2D eigenvalue weighted by molar-refractivity contribution is 5.18. The van der Waals surface area contributed by atoms with E-state index in [0.717, 1.165) is 18.4 Å². The standard InChI is InChI=1S/C15H24O2/c1-5-13(17-15(3,4)6-2)14(16)12-10-8-7-9-11-12/h7-11,13-14,16H,5-6H2,1-4H3. The molecule has 17 heavy (non-hydrogen) atoms. The van der Waals surface area contributed by atoms with E-state index in [2.05, 4.69) is 20.8 Å². The van der Waals surface area contributed by atoms with Gasteiger partial charge in [0.15, 0.2) is 0 Å². The van der Waals surface area contributed by atoms with Crippen LogP contribution in [0.1, 0.15) is 52.2 Å². The molecule has 0 heterocycles. The zero-order chi connectivity index (χ0) is 12.9. The largest absolute Gasteiger partial charge is 0.386 e. The van der Waals surface area contributed by atoms with Crippen LogP contribution in [0.4, 0.5) is 0 Å². The molecule has 0 aliphatic heterocycles. The summed E-state index contributed by atoms with van der Waals surface area (Å²) < 4.78 is 6.00. The Morgan fingerprint density at radius 3 is 2.24 bits per heavy atom. The van der Waals surface area contributed by atoms with Gasteiger partial charge in [0.2, 0.25) is 0 Å². The number of rotatable bonds is 6. The molecule has 0 fully saturated rings. The second-order valence-corrected chi connectivity index (χ2v) is 5.03. The van der Waals surface area contributed by atoms with Gasteiger partial charge in [0.1, 0.15) is 6.10 Å². The molecule has 2 unspecified atom stereocenters. The van der Waals surface area contributed by atoms with E-state index in [-0.39, 0.29) is 11.7 Å². The molecule has 0 bridgehead atoms. The van der Waals surface area contributed by atoms with Crippen molar-refractivity contribution in [1.82, 2.24) is 0 Å². The summed E-state index contributed by atoms with van der Waals surface area (Å²) in [6.45, 7) is 8.27. The van der Waals surface area contributed by atoms with Gasteiger partial charge in [0.05, 0.1) is 11.7 Å². The van der Waals surface area contributed by atoms with E-state index < -0.39 is 6.10 Å². The van der Waals surface area contributed by atoms with Crippen LogP contribution in [0.25, 0.3) is 0 Å². The average molecular weight is 236 g/mol. The Morgan fingerprint density at radius 2 is 1.76 bits per heavy atom. The molecule has 1 N–H and O–H groups in total. The molecule has 0 aromatic heterocycles. The Morgan fingerprint density at radius 1 is 1.18 bits per heavy atom.